The van der Waals surface area contributed by atoms with E-state index in [0.717, 1.165) is 24.8 Å². The summed E-state index contributed by atoms with van der Waals surface area (Å²) in [5, 5.41) is 16.0. The number of anilines is 2. The highest BCUT2D eigenvalue weighted by Crippen LogP contribution is 2.41. The van der Waals surface area contributed by atoms with Gasteiger partial charge in [0.2, 0.25) is 0 Å². The lowest BCUT2D eigenvalue weighted by Crippen LogP contribution is -2.38. The van der Waals surface area contributed by atoms with Crippen molar-refractivity contribution < 1.29 is 43.2 Å². The number of ketones is 1. The standard InChI is InChI=1S/C40H51Cl2NO9S2/c1-3-4-19-40(48)20-9-13-30-29(12-7-11-28(40)17-18-36(45)49-2)34(44)26-35(30)52-39(47)51-22-24-54-53-23-21-50-37(46)25-27-10-5-6-16-33(27)43-38-31(41)14-8-15-32(38)42/h5-6,8-10,13-16,28-30,35,43,48H,3-4,7,11-12,17-26H2,1-2H3/b13-9+/t28?,29-,30-,35-,40?/m1/s1. The van der Waals surface area contributed by atoms with E-state index >= 15 is 0 Å². The van der Waals surface area contributed by atoms with Crippen molar-refractivity contribution in [3.63, 3.8) is 0 Å². The van der Waals surface area contributed by atoms with Gasteiger partial charge >= 0.3 is 18.1 Å². The Kier molecular flexibility index (Phi) is 18.3. The van der Waals surface area contributed by atoms with Crippen LogP contribution in [0.5, 0.6) is 0 Å². The number of ether oxygens (including phenoxy) is 4. The van der Waals surface area contributed by atoms with E-state index in [1.165, 1.54) is 28.7 Å². The SMILES string of the molecule is CCCCC1(O)C/C=C/[C@H]2[C@H](OC(=O)OCCSSCCOC(=O)Cc3ccccc3Nc3c(Cl)cccc3Cl)CC(=O)[C@@H]2CCCC1CCC(=O)OC. The molecule has 2 N–H and O–H groups in total. The first-order valence-corrected chi connectivity index (χ1v) is 21.8. The molecule has 5 atom stereocenters. The van der Waals surface area contributed by atoms with Crippen molar-refractivity contribution in [1.29, 1.82) is 0 Å². The third-order valence-corrected chi connectivity index (χ3v) is 12.9. The molecule has 0 saturated heterocycles. The fourth-order valence-corrected chi connectivity index (χ4v) is 9.26. The van der Waals surface area contributed by atoms with Gasteiger partial charge in [-0.15, -0.1) is 0 Å². The first kappa shape index (κ1) is 43.8. The Labute approximate surface area is 336 Å². The Balaban J connectivity index is 1.16. The van der Waals surface area contributed by atoms with Gasteiger partial charge in [0.15, 0.2) is 0 Å². The molecule has 0 aliphatic heterocycles. The van der Waals surface area contributed by atoms with Crippen molar-refractivity contribution >= 4 is 80.0 Å². The van der Waals surface area contributed by atoms with Crippen LogP contribution in [0.4, 0.5) is 16.2 Å². The van der Waals surface area contributed by atoms with Gasteiger partial charge in [-0.05, 0) is 61.8 Å². The van der Waals surface area contributed by atoms with Crippen molar-refractivity contribution in [2.75, 3.05) is 37.1 Å². The molecule has 1 fully saturated rings. The van der Waals surface area contributed by atoms with Crippen LogP contribution in [0.15, 0.2) is 54.6 Å². The van der Waals surface area contributed by atoms with Gasteiger partial charge in [0, 0.05) is 41.9 Å². The van der Waals surface area contributed by atoms with Crippen molar-refractivity contribution in [2.45, 2.75) is 89.3 Å². The van der Waals surface area contributed by atoms with Crippen LogP contribution in [-0.2, 0) is 39.8 Å². The predicted octanol–water partition coefficient (Wildman–Crippen LogP) is 9.55. The van der Waals surface area contributed by atoms with Gasteiger partial charge in [-0.25, -0.2) is 4.79 Å². The van der Waals surface area contributed by atoms with E-state index in [1.54, 1.807) is 18.2 Å². The Morgan fingerprint density at radius 1 is 0.981 bits per heavy atom. The smallest absolute Gasteiger partial charge is 0.469 e. The van der Waals surface area contributed by atoms with Gasteiger partial charge in [-0.3, -0.25) is 14.4 Å². The second-order valence-electron chi connectivity index (χ2n) is 13.6. The van der Waals surface area contributed by atoms with E-state index in [-0.39, 0.29) is 68.0 Å². The molecule has 2 aliphatic rings. The van der Waals surface area contributed by atoms with Gasteiger partial charge in [-0.1, -0.05) is 107 Å². The number of hydrogen-bond acceptors (Lipinski definition) is 12. The molecule has 10 nitrogen and oxygen atoms in total. The quantitative estimate of drug-likeness (QED) is 0.0487. The summed E-state index contributed by atoms with van der Waals surface area (Å²) in [6.07, 6.45) is 8.24. The summed E-state index contributed by atoms with van der Waals surface area (Å²) in [6, 6.07) is 12.6. The number of unbranched alkanes of at least 4 members (excludes halogenated alkanes) is 1. The molecule has 2 aromatic carbocycles. The van der Waals surface area contributed by atoms with Crippen molar-refractivity contribution in [1.82, 2.24) is 0 Å². The molecule has 4 rings (SSSR count). The van der Waals surface area contributed by atoms with Gasteiger partial charge < -0.3 is 29.4 Å². The van der Waals surface area contributed by atoms with Crippen molar-refractivity contribution in [2.24, 2.45) is 17.8 Å². The molecule has 0 spiro atoms. The van der Waals surface area contributed by atoms with Crippen LogP contribution in [0.25, 0.3) is 0 Å². The van der Waals surface area contributed by atoms with Crippen LogP contribution in [0.1, 0.15) is 76.7 Å². The Morgan fingerprint density at radius 2 is 1.70 bits per heavy atom. The predicted molar refractivity (Wildman–Crippen MR) is 215 cm³/mol. The summed E-state index contributed by atoms with van der Waals surface area (Å²) in [6.45, 7) is 2.43. The van der Waals surface area contributed by atoms with E-state index in [2.05, 4.69) is 12.2 Å². The summed E-state index contributed by atoms with van der Waals surface area (Å²) < 4.78 is 21.3. The average Bonchev–Trinajstić information content (AvgIpc) is 3.44. The number of benzene rings is 2. The maximum absolute atomic E-state index is 13.1. The number of rotatable bonds is 18. The third kappa shape index (κ3) is 13.4. The minimum absolute atomic E-state index is 0.0610. The van der Waals surface area contributed by atoms with Gasteiger partial charge in [-0.2, -0.15) is 0 Å². The second-order valence-corrected chi connectivity index (χ2v) is 17.1. The topological polar surface area (TPSA) is 137 Å². The number of fused-ring (bicyclic) bond motifs is 1. The molecular weight excluding hydrogens is 773 g/mol. The summed E-state index contributed by atoms with van der Waals surface area (Å²) >= 11 is 12.6. The zero-order chi connectivity index (χ0) is 38.9. The van der Waals surface area contributed by atoms with Crippen LogP contribution in [0.2, 0.25) is 10.0 Å². The number of Topliss-reactive ketones (excluding diaryl/α,β-unsaturated/α-hetero) is 1. The summed E-state index contributed by atoms with van der Waals surface area (Å²) in [4.78, 5) is 50.2. The molecule has 2 aromatic rings. The monoisotopic (exact) mass is 823 g/mol. The maximum atomic E-state index is 13.1. The fraction of sp³-hybridized carbons (Fsp3) is 0.550. The minimum atomic E-state index is -0.972. The van der Waals surface area contributed by atoms with E-state index < -0.39 is 17.9 Å². The largest absolute Gasteiger partial charge is 0.508 e. The minimum Gasteiger partial charge on any atom is -0.469 e. The lowest BCUT2D eigenvalue weighted by Gasteiger charge is -2.37. The fourth-order valence-electron chi connectivity index (χ4n) is 7.12. The number of carbonyl (C=O) groups excluding carboxylic acids is 4. The number of halogens is 2. The molecule has 1 saturated carbocycles. The number of aliphatic hydroxyl groups is 1. The molecule has 0 radical (unpaired) electrons. The highest BCUT2D eigenvalue weighted by atomic mass is 35.5. The number of esters is 2. The van der Waals surface area contributed by atoms with Crippen molar-refractivity contribution in [3.05, 3.63) is 70.2 Å². The highest BCUT2D eigenvalue weighted by Gasteiger charge is 2.44. The molecule has 2 aliphatic carbocycles. The van der Waals surface area contributed by atoms with Crippen LogP contribution in [0.3, 0.4) is 0 Å². The van der Waals surface area contributed by atoms with Crippen LogP contribution < -0.4 is 5.32 Å². The first-order chi connectivity index (χ1) is 26.0. The normalized spacial score (nSPS) is 23.2. The van der Waals surface area contributed by atoms with Crippen molar-refractivity contribution in [3.8, 4) is 0 Å². The Hall–Kier alpha value is -2.90. The van der Waals surface area contributed by atoms with Gasteiger partial charge in [0.1, 0.15) is 25.1 Å². The third-order valence-electron chi connectivity index (χ3n) is 9.98. The number of hydrogen-bond donors (Lipinski definition) is 2. The summed E-state index contributed by atoms with van der Waals surface area (Å²) in [5.41, 5.74) is 1.04. The molecule has 2 unspecified atom stereocenters. The second kappa shape index (κ2) is 22.6. The molecule has 0 amide bonds. The molecule has 0 aromatic heterocycles. The first-order valence-electron chi connectivity index (χ1n) is 18.6. The molecule has 296 valence electrons. The van der Waals surface area contributed by atoms with E-state index in [0.29, 0.717) is 65.0 Å². The average molecular weight is 825 g/mol. The highest BCUT2D eigenvalue weighted by molar-refractivity contribution is 8.76. The lowest BCUT2D eigenvalue weighted by molar-refractivity contribution is -0.142. The number of nitrogens with one attached hydrogen (secondary N) is 1. The molecule has 14 heteroatoms. The number of carbonyl (C=O) groups is 4. The molecular formula is C40H51Cl2NO9S2. The Bertz CT molecular complexity index is 1570. The number of para-hydroxylation sites is 2. The van der Waals surface area contributed by atoms with E-state index in [9.17, 15) is 24.3 Å². The Morgan fingerprint density at radius 3 is 2.43 bits per heavy atom. The number of methoxy groups -OCH3 is 1. The van der Waals surface area contributed by atoms with E-state index in [1.807, 2.05) is 36.4 Å². The zero-order valence-electron chi connectivity index (χ0n) is 30.9. The molecule has 0 bridgehead atoms. The van der Waals surface area contributed by atoms with E-state index in [4.69, 9.17) is 42.1 Å². The summed E-state index contributed by atoms with van der Waals surface area (Å²) in [7, 11) is 4.35. The van der Waals surface area contributed by atoms with Crippen LogP contribution in [0, 0.1) is 17.8 Å². The zero-order valence-corrected chi connectivity index (χ0v) is 34.0. The van der Waals surface area contributed by atoms with Gasteiger partial charge in [0.25, 0.3) is 0 Å². The molecule has 0 heterocycles. The van der Waals surface area contributed by atoms with Crippen LogP contribution >= 0.6 is 44.8 Å². The maximum Gasteiger partial charge on any atom is 0.508 e. The lowest BCUT2D eigenvalue weighted by atomic mass is 9.73. The molecule has 54 heavy (non-hydrogen) atoms. The summed E-state index contributed by atoms with van der Waals surface area (Å²) in [5.74, 6) is -0.198. The van der Waals surface area contributed by atoms with Gasteiger partial charge in [0.05, 0.1) is 34.9 Å². The van der Waals surface area contributed by atoms with Crippen LogP contribution in [-0.4, -0.2) is 72.5 Å².